The van der Waals surface area contributed by atoms with Crippen LogP contribution >= 0.6 is 27.7 Å². The molecule has 1 fully saturated rings. The normalized spacial score (nSPS) is 23.5. The minimum atomic E-state index is -1.20. The number of thioether (sulfide) groups is 1. The molecular weight excluding hydrogens is 376 g/mol. The Balaban J connectivity index is 2.10. The molecule has 0 aliphatic carbocycles. The van der Waals surface area contributed by atoms with Gasteiger partial charge in [0.05, 0.1) is 11.8 Å². The van der Waals surface area contributed by atoms with Crippen LogP contribution in [0.3, 0.4) is 0 Å². The van der Waals surface area contributed by atoms with Crippen molar-refractivity contribution >= 4 is 51.3 Å². The van der Waals surface area contributed by atoms with E-state index in [1.165, 1.54) is 17.8 Å². The third kappa shape index (κ3) is 2.95. The van der Waals surface area contributed by atoms with Gasteiger partial charge in [-0.3, -0.25) is 19.3 Å². The fraction of sp³-hybridized carbons (Fsp3) is 0.385. The molecule has 2 aliphatic heterocycles. The van der Waals surface area contributed by atoms with E-state index in [1.807, 2.05) is 0 Å². The fourth-order valence-electron chi connectivity index (χ4n) is 2.25. The van der Waals surface area contributed by atoms with Gasteiger partial charge in [0.1, 0.15) is 17.1 Å². The summed E-state index contributed by atoms with van der Waals surface area (Å²) in [4.78, 5) is 47.5. The number of fused-ring (bicyclic) bond motifs is 1. The molecule has 0 aromatic heterocycles. The number of carboxylic acids is 1. The lowest BCUT2D eigenvalue weighted by Gasteiger charge is -2.49. The van der Waals surface area contributed by atoms with Crippen molar-refractivity contribution < 1.29 is 24.3 Å². The number of nitrogens with zero attached hydrogens (tertiary/aromatic N) is 1. The van der Waals surface area contributed by atoms with Crippen LogP contribution < -0.4 is 5.32 Å². The van der Waals surface area contributed by atoms with Crippen molar-refractivity contribution in [2.45, 2.75) is 17.8 Å². The Morgan fingerprint density at radius 1 is 1.50 bits per heavy atom. The van der Waals surface area contributed by atoms with Crippen LogP contribution in [0.4, 0.5) is 0 Å². The number of hydrogen-bond donors (Lipinski definition) is 2. The van der Waals surface area contributed by atoms with Gasteiger partial charge in [-0.2, -0.15) is 0 Å². The minimum absolute atomic E-state index is 0.0674. The van der Waals surface area contributed by atoms with Crippen molar-refractivity contribution in [2.75, 3.05) is 11.1 Å². The van der Waals surface area contributed by atoms with Crippen LogP contribution in [0.15, 0.2) is 23.9 Å². The summed E-state index contributed by atoms with van der Waals surface area (Å²) >= 11 is 4.31. The average molecular weight is 389 g/mol. The van der Waals surface area contributed by atoms with E-state index < -0.39 is 29.2 Å². The maximum absolute atomic E-state index is 12.1. The van der Waals surface area contributed by atoms with Crippen molar-refractivity contribution in [3.8, 4) is 0 Å². The number of hydrogen-bond acceptors (Lipinski definition) is 5. The predicted octanol–water partition coefficient (Wildman–Crippen LogP) is 0.265. The van der Waals surface area contributed by atoms with E-state index in [4.69, 9.17) is 0 Å². The first-order valence-electron chi connectivity index (χ1n) is 6.31. The summed E-state index contributed by atoms with van der Waals surface area (Å²) in [5.74, 6) is -2.14. The lowest BCUT2D eigenvalue weighted by molar-refractivity contribution is -0.150. The molecule has 118 valence electrons. The Kier molecular flexibility index (Phi) is 5.07. The summed E-state index contributed by atoms with van der Waals surface area (Å²) in [7, 11) is 0. The number of carboxylic acid groups (broad SMARTS) is 1. The topological polar surface area (TPSA) is 104 Å². The van der Waals surface area contributed by atoms with Crippen molar-refractivity contribution in [3.05, 3.63) is 23.9 Å². The summed E-state index contributed by atoms with van der Waals surface area (Å²) < 4.78 is 0. The Bertz CT molecular complexity index is 603. The van der Waals surface area contributed by atoms with Gasteiger partial charge < -0.3 is 10.4 Å². The van der Waals surface area contributed by atoms with E-state index in [-0.39, 0.29) is 23.2 Å². The van der Waals surface area contributed by atoms with Crippen molar-refractivity contribution in [1.29, 1.82) is 0 Å². The zero-order chi connectivity index (χ0) is 16.4. The molecule has 2 heterocycles. The zero-order valence-corrected chi connectivity index (χ0v) is 13.8. The smallest absolute Gasteiger partial charge is 0.352 e. The maximum atomic E-state index is 12.1. The molecule has 2 rings (SSSR count). The summed E-state index contributed by atoms with van der Waals surface area (Å²) in [6, 6.07) is -0.804. The van der Waals surface area contributed by atoms with Crippen LogP contribution in [-0.2, 0) is 19.2 Å². The molecular formula is C13H13BrN2O5S. The van der Waals surface area contributed by atoms with E-state index in [0.29, 0.717) is 11.3 Å². The Morgan fingerprint density at radius 2 is 2.18 bits per heavy atom. The number of β-lactam (4-membered cyclic amide) rings is 1. The highest BCUT2D eigenvalue weighted by atomic mass is 79.9. The number of rotatable bonds is 6. The van der Waals surface area contributed by atoms with E-state index in [2.05, 4.69) is 27.8 Å². The molecule has 0 aromatic carbocycles. The molecule has 2 amide bonds. The molecule has 22 heavy (non-hydrogen) atoms. The number of amides is 2. The van der Waals surface area contributed by atoms with E-state index >= 15 is 0 Å². The zero-order valence-electron chi connectivity index (χ0n) is 11.4. The molecule has 7 nitrogen and oxygen atoms in total. The number of alkyl halides is 1. The second kappa shape index (κ2) is 6.66. The maximum Gasteiger partial charge on any atom is 0.352 e. The number of carbonyl (C=O) groups excluding carboxylic acids is 3. The van der Waals surface area contributed by atoms with Crippen LogP contribution in [0, 0.1) is 0 Å². The predicted molar refractivity (Wildman–Crippen MR) is 83.3 cm³/mol. The summed E-state index contributed by atoms with van der Waals surface area (Å²) in [6.07, 6.45) is 1.10. The first-order valence-corrected chi connectivity index (χ1v) is 8.48. The number of Topliss-reactive ketones (excluding diaryl/α,β-unsaturated/α-hetero) is 1. The second-order valence-corrected chi connectivity index (χ2v) is 6.35. The van der Waals surface area contributed by atoms with Gasteiger partial charge in [0.25, 0.3) is 5.91 Å². The molecule has 0 saturated carbocycles. The first-order chi connectivity index (χ1) is 10.4. The fourth-order valence-corrected chi connectivity index (χ4v) is 3.79. The van der Waals surface area contributed by atoms with Crippen LogP contribution in [0.1, 0.15) is 6.42 Å². The number of ketones is 1. The van der Waals surface area contributed by atoms with Gasteiger partial charge in [-0.1, -0.05) is 28.6 Å². The Morgan fingerprint density at radius 3 is 2.73 bits per heavy atom. The quantitative estimate of drug-likeness (QED) is 0.384. The van der Waals surface area contributed by atoms with Gasteiger partial charge in [0, 0.05) is 5.75 Å². The van der Waals surface area contributed by atoms with Gasteiger partial charge in [0.2, 0.25) is 5.91 Å². The molecule has 9 heteroatoms. The lowest BCUT2D eigenvalue weighted by Crippen LogP contribution is -2.70. The number of halogens is 1. The van der Waals surface area contributed by atoms with Crippen molar-refractivity contribution in [2.24, 2.45) is 0 Å². The van der Waals surface area contributed by atoms with Crippen LogP contribution in [-0.4, -0.2) is 56.1 Å². The Labute approximate surface area is 138 Å². The standard InChI is InChI=1S/C13H13BrN2O5S/c1-2-6-5-22-12-9(15-8(18)3-7(17)4-14)11(19)16(12)10(6)13(20)21/h2,9,12H,1,3-5H2,(H,15,18)(H,20,21)/t9?,12-/m1/s1. The van der Waals surface area contributed by atoms with Crippen LogP contribution in [0.5, 0.6) is 0 Å². The highest BCUT2D eigenvalue weighted by molar-refractivity contribution is 9.09. The molecule has 0 bridgehead atoms. The Hall–Kier alpha value is -1.61. The van der Waals surface area contributed by atoms with Gasteiger partial charge >= 0.3 is 5.97 Å². The molecule has 1 unspecified atom stereocenters. The molecule has 0 radical (unpaired) electrons. The van der Waals surface area contributed by atoms with Crippen LogP contribution in [0.25, 0.3) is 0 Å². The summed E-state index contributed by atoms with van der Waals surface area (Å²) in [5, 5.41) is 11.3. The molecule has 2 aliphatic rings. The lowest BCUT2D eigenvalue weighted by atomic mass is 10.0. The van der Waals surface area contributed by atoms with Gasteiger partial charge in [-0.25, -0.2) is 4.79 Å². The minimum Gasteiger partial charge on any atom is -0.477 e. The van der Waals surface area contributed by atoms with Gasteiger partial charge in [-0.05, 0) is 5.57 Å². The molecule has 0 aromatic rings. The van der Waals surface area contributed by atoms with Gasteiger partial charge in [-0.15, -0.1) is 11.8 Å². The first kappa shape index (κ1) is 16.8. The van der Waals surface area contributed by atoms with Crippen molar-refractivity contribution in [3.63, 3.8) is 0 Å². The summed E-state index contributed by atoms with van der Waals surface area (Å²) in [6.45, 7) is 3.55. The largest absolute Gasteiger partial charge is 0.477 e. The third-order valence-electron chi connectivity index (χ3n) is 3.27. The number of carbonyl (C=O) groups is 4. The number of nitrogens with one attached hydrogen (secondary N) is 1. The average Bonchev–Trinajstić information content (AvgIpc) is 2.50. The van der Waals surface area contributed by atoms with E-state index in [1.54, 1.807) is 0 Å². The highest BCUT2D eigenvalue weighted by Crippen LogP contribution is 2.40. The second-order valence-electron chi connectivity index (χ2n) is 4.69. The van der Waals surface area contributed by atoms with Crippen LogP contribution in [0.2, 0.25) is 0 Å². The SMILES string of the molecule is C=CC1=C(C(=O)O)N2C(=O)C(NC(=O)CC(=O)CBr)[C@H]2SC1. The summed E-state index contributed by atoms with van der Waals surface area (Å²) in [5.41, 5.74) is 0.382. The van der Waals surface area contributed by atoms with Crippen molar-refractivity contribution in [1.82, 2.24) is 10.2 Å². The van der Waals surface area contributed by atoms with Gasteiger partial charge in [0.15, 0.2) is 5.78 Å². The highest BCUT2D eigenvalue weighted by Gasteiger charge is 2.53. The van der Waals surface area contributed by atoms with E-state index in [9.17, 15) is 24.3 Å². The molecule has 1 saturated heterocycles. The van der Waals surface area contributed by atoms with E-state index in [0.717, 1.165) is 4.90 Å². The monoisotopic (exact) mass is 388 g/mol. The third-order valence-corrected chi connectivity index (χ3v) is 5.20. The molecule has 0 spiro atoms. The number of allylic oxidation sites excluding steroid dienone is 1. The number of aliphatic carboxylic acids is 1. The molecule has 2 atom stereocenters. The molecule has 2 N–H and O–H groups in total.